The van der Waals surface area contributed by atoms with E-state index in [1.54, 1.807) is 11.3 Å². The lowest BCUT2D eigenvalue weighted by molar-refractivity contribution is -0.204. The van der Waals surface area contributed by atoms with Crippen molar-refractivity contribution in [2.45, 2.75) is 65.1 Å². The lowest BCUT2D eigenvalue weighted by Gasteiger charge is -2.28. The summed E-state index contributed by atoms with van der Waals surface area (Å²) in [6.07, 6.45) is 10.4. The van der Waals surface area contributed by atoms with E-state index in [-0.39, 0.29) is 6.29 Å². The van der Waals surface area contributed by atoms with Gasteiger partial charge in [-0.1, -0.05) is 52.0 Å². The van der Waals surface area contributed by atoms with Crippen molar-refractivity contribution in [1.29, 1.82) is 0 Å². The molecular formula is C22H31NO2S. The Kier molecular flexibility index (Phi) is 7.66. The smallest absolute Gasteiger partial charge is 0.193 e. The SMILES string of the molecule is CCCCCC[C@H]1CO[C@H](c2ccc(-c3ccc(CCC)nc3)s2)OC1. The number of hydrogen-bond donors (Lipinski definition) is 0. The van der Waals surface area contributed by atoms with Gasteiger partial charge in [0.1, 0.15) is 0 Å². The Morgan fingerprint density at radius 1 is 1.00 bits per heavy atom. The molecule has 4 heteroatoms. The van der Waals surface area contributed by atoms with Gasteiger partial charge in [0.15, 0.2) is 6.29 Å². The Morgan fingerprint density at radius 3 is 2.54 bits per heavy atom. The quantitative estimate of drug-likeness (QED) is 0.477. The summed E-state index contributed by atoms with van der Waals surface area (Å²) in [5.41, 5.74) is 2.34. The molecule has 3 rings (SSSR count). The fourth-order valence-electron chi connectivity index (χ4n) is 3.34. The van der Waals surface area contributed by atoms with Crippen molar-refractivity contribution < 1.29 is 9.47 Å². The maximum atomic E-state index is 6.01. The minimum Gasteiger partial charge on any atom is -0.347 e. The van der Waals surface area contributed by atoms with Crippen molar-refractivity contribution in [1.82, 2.24) is 4.98 Å². The van der Waals surface area contributed by atoms with Gasteiger partial charge in [0.25, 0.3) is 0 Å². The molecule has 0 aliphatic carbocycles. The number of aryl methyl sites for hydroxylation is 1. The number of hydrogen-bond acceptors (Lipinski definition) is 4. The molecule has 2 aromatic heterocycles. The van der Waals surface area contributed by atoms with Crippen LogP contribution in [0.15, 0.2) is 30.5 Å². The van der Waals surface area contributed by atoms with E-state index in [9.17, 15) is 0 Å². The van der Waals surface area contributed by atoms with Crippen molar-refractivity contribution in [3.05, 3.63) is 41.0 Å². The van der Waals surface area contributed by atoms with Gasteiger partial charge in [-0.15, -0.1) is 11.3 Å². The Labute approximate surface area is 161 Å². The number of rotatable bonds is 9. The number of unbranched alkanes of at least 4 members (excludes halogenated alkanes) is 3. The molecule has 0 atom stereocenters. The van der Waals surface area contributed by atoms with Crippen LogP contribution in [0.3, 0.4) is 0 Å². The zero-order valence-corrected chi connectivity index (χ0v) is 16.9. The number of aromatic nitrogens is 1. The van der Waals surface area contributed by atoms with E-state index in [2.05, 4.69) is 43.1 Å². The molecule has 26 heavy (non-hydrogen) atoms. The standard InChI is InChI=1S/C22H31NO2S/c1-3-5-6-7-9-17-15-24-22(25-16-17)21-13-12-20(26-21)18-10-11-19(8-4-2)23-14-18/h10-14,17,22H,3-9,15-16H2,1-2H3/t17-,22-. The highest BCUT2D eigenvalue weighted by Gasteiger charge is 2.24. The monoisotopic (exact) mass is 373 g/mol. The second kappa shape index (κ2) is 10.2. The minimum atomic E-state index is -0.201. The van der Waals surface area contributed by atoms with Crippen LogP contribution in [0.5, 0.6) is 0 Å². The Balaban J connectivity index is 1.51. The van der Waals surface area contributed by atoms with Crippen molar-refractivity contribution in [2.24, 2.45) is 5.92 Å². The summed E-state index contributed by atoms with van der Waals surface area (Å²) in [4.78, 5) is 6.94. The van der Waals surface area contributed by atoms with E-state index < -0.39 is 0 Å². The van der Waals surface area contributed by atoms with Crippen LogP contribution in [-0.2, 0) is 15.9 Å². The molecule has 0 unspecified atom stereocenters. The maximum Gasteiger partial charge on any atom is 0.193 e. The first-order chi connectivity index (χ1) is 12.8. The molecule has 1 fully saturated rings. The molecule has 3 heterocycles. The van der Waals surface area contributed by atoms with Crippen LogP contribution >= 0.6 is 11.3 Å². The zero-order valence-electron chi connectivity index (χ0n) is 16.1. The molecule has 0 aromatic carbocycles. The summed E-state index contributed by atoms with van der Waals surface area (Å²) >= 11 is 1.75. The first-order valence-electron chi connectivity index (χ1n) is 10.1. The van der Waals surface area contributed by atoms with Crippen molar-refractivity contribution in [2.75, 3.05) is 13.2 Å². The molecule has 0 amide bonds. The fourth-order valence-corrected chi connectivity index (χ4v) is 4.34. The normalized spacial score (nSPS) is 20.4. The molecule has 1 aliphatic heterocycles. The largest absolute Gasteiger partial charge is 0.347 e. The lowest BCUT2D eigenvalue weighted by Crippen LogP contribution is -2.26. The van der Waals surface area contributed by atoms with Crippen LogP contribution in [0.2, 0.25) is 0 Å². The Morgan fingerprint density at radius 2 is 1.85 bits per heavy atom. The predicted molar refractivity (Wildman–Crippen MR) is 108 cm³/mol. The Hall–Kier alpha value is -1.23. The van der Waals surface area contributed by atoms with E-state index in [1.165, 1.54) is 42.5 Å². The van der Waals surface area contributed by atoms with E-state index >= 15 is 0 Å². The average Bonchev–Trinajstić information content (AvgIpc) is 3.17. The van der Waals surface area contributed by atoms with E-state index in [4.69, 9.17) is 9.47 Å². The average molecular weight is 374 g/mol. The van der Waals surface area contributed by atoms with Crippen LogP contribution in [0.4, 0.5) is 0 Å². The molecule has 0 saturated carbocycles. The molecule has 1 saturated heterocycles. The third kappa shape index (κ3) is 5.38. The number of ether oxygens (including phenoxy) is 2. The molecule has 142 valence electrons. The fraction of sp³-hybridized carbons (Fsp3) is 0.591. The second-order valence-electron chi connectivity index (χ2n) is 7.20. The molecule has 2 aromatic rings. The van der Waals surface area contributed by atoms with Gasteiger partial charge in [0, 0.05) is 28.2 Å². The summed E-state index contributed by atoms with van der Waals surface area (Å²) in [6, 6.07) is 8.59. The number of thiophene rings is 1. The van der Waals surface area contributed by atoms with Crippen LogP contribution in [0.25, 0.3) is 10.4 Å². The van der Waals surface area contributed by atoms with Crippen LogP contribution in [0, 0.1) is 5.92 Å². The maximum absolute atomic E-state index is 6.01. The minimum absolute atomic E-state index is 0.201. The van der Waals surface area contributed by atoms with E-state index in [0.717, 1.165) is 36.6 Å². The van der Waals surface area contributed by atoms with Gasteiger partial charge in [0.2, 0.25) is 0 Å². The van der Waals surface area contributed by atoms with Crippen molar-refractivity contribution in [3.63, 3.8) is 0 Å². The van der Waals surface area contributed by atoms with Crippen molar-refractivity contribution >= 4 is 11.3 Å². The third-order valence-electron chi connectivity index (χ3n) is 4.91. The first kappa shape index (κ1) is 19.5. The zero-order chi connectivity index (χ0) is 18.2. The molecule has 3 nitrogen and oxygen atoms in total. The molecule has 1 aliphatic rings. The highest BCUT2D eigenvalue weighted by atomic mass is 32.1. The third-order valence-corrected chi connectivity index (χ3v) is 6.06. The highest BCUT2D eigenvalue weighted by molar-refractivity contribution is 7.15. The van der Waals surface area contributed by atoms with Gasteiger partial charge < -0.3 is 9.47 Å². The van der Waals surface area contributed by atoms with E-state index in [0.29, 0.717) is 5.92 Å². The Bertz CT molecular complexity index is 644. The summed E-state index contributed by atoms with van der Waals surface area (Å²) in [6.45, 7) is 6.07. The van der Waals surface area contributed by atoms with Gasteiger partial charge in [-0.25, -0.2) is 0 Å². The number of nitrogens with zero attached hydrogens (tertiary/aromatic N) is 1. The first-order valence-corrected chi connectivity index (χ1v) is 10.9. The van der Waals surface area contributed by atoms with Crippen LogP contribution < -0.4 is 0 Å². The van der Waals surface area contributed by atoms with Gasteiger partial charge >= 0.3 is 0 Å². The van der Waals surface area contributed by atoms with Crippen molar-refractivity contribution in [3.8, 4) is 10.4 Å². The van der Waals surface area contributed by atoms with Gasteiger partial charge in [0.05, 0.1) is 18.1 Å². The molecule has 0 bridgehead atoms. The molecular weight excluding hydrogens is 342 g/mol. The predicted octanol–water partition coefficient (Wildman–Crippen LogP) is 6.39. The van der Waals surface area contributed by atoms with Crippen LogP contribution in [0.1, 0.15) is 69.2 Å². The molecule has 0 N–H and O–H groups in total. The number of pyridine rings is 1. The van der Waals surface area contributed by atoms with Gasteiger partial charge in [-0.05, 0) is 31.0 Å². The highest BCUT2D eigenvalue weighted by Crippen LogP contribution is 2.35. The summed E-state index contributed by atoms with van der Waals surface area (Å²) in [5.74, 6) is 0.554. The van der Waals surface area contributed by atoms with Gasteiger partial charge in [-0.3, -0.25) is 4.98 Å². The van der Waals surface area contributed by atoms with Gasteiger partial charge in [-0.2, -0.15) is 0 Å². The van der Waals surface area contributed by atoms with E-state index in [1.807, 2.05) is 6.20 Å². The molecule has 0 spiro atoms. The topological polar surface area (TPSA) is 31.4 Å². The summed E-state index contributed by atoms with van der Waals surface area (Å²) in [5, 5.41) is 0. The second-order valence-corrected chi connectivity index (χ2v) is 8.32. The molecule has 0 radical (unpaired) electrons. The summed E-state index contributed by atoms with van der Waals surface area (Å²) < 4.78 is 12.0. The lowest BCUT2D eigenvalue weighted by atomic mass is 10.0. The van der Waals surface area contributed by atoms with Crippen LogP contribution in [-0.4, -0.2) is 18.2 Å². The summed E-state index contributed by atoms with van der Waals surface area (Å²) in [7, 11) is 0.